The molecule has 2 aromatic rings. The van der Waals surface area contributed by atoms with E-state index in [9.17, 15) is 10.1 Å². The molecule has 22 heavy (non-hydrogen) atoms. The minimum atomic E-state index is -0.449. The van der Waals surface area contributed by atoms with Crippen LogP contribution in [0.15, 0.2) is 54.1 Å². The summed E-state index contributed by atoms with van der Waals surface area (Å²) in [5.74, 6) is 0.159. The summed E-state index contributed by atoms with van der Waals surface area (Å²) in [6.07, 6.45) is 1.51. The van der Waals surface area contributed by atoms with Gasteiger partial charge in [0.2, 0.25) is 0 Å². The number of nitrogens with zero attached hydrogens (tertiary/aromatic N) is 1. The Labute approximate surface area is 142 Å². The van der Waals surface area contributed by atoms with Gasteiger partial charge in [-0.15, -0.1) is 0 Å². The van der Waals surface area contributed by atoms with Crippen molar-refractivity contribution in [3.05, 3.63) is 63.2 Å². The van der Waals surface area contributed by atoms with E-state index in [1.54, 1.807) is 31.4 Å². The SMILES string of the molecule is COc1ccccc1/C=C(/C#N)C(=O)Nc1ccc(I)cc1. The molecule has 0 bridgehead atoms. The van der Waals surface area contributed by atoms with Gasteiger partial charge in [0.15, 0.2) is 0 Å². The zero-order valence-corrected chi connectivity index (χ0v) is 14.0. The number of benzene rings is 2. The molecule has 0 unspecified atom stereocenters. The van der Waals surface area contributed by atoms with Crippen molar-refractivity contribution in [2.45, 2.75) is 0 Å². The first-order chi connectivity index (χ1) is 10.6. The Hall–Kier alpha value is -2.33. The number of hydrogen-bond donors (Lipinski definition) is 1. The highest BCUT2D eigenvalue weighted by atomic mass is 127. The Morgan fingerprint density at radius 1 is 1.23 bits per heavy atom. The van der Waals surface area contributed by atoms with Crippen molar-refractivity contribution >= 4 is 40.3 Å². The monoisotopic (exact) mass is 404 g/mol. The van der Waals surface area contributed by atoms with Crippen LogP contribution in [0.25, 0.3) is 6.08 Å². The Balaban J connectivity index is 2.24. The lowest BCUT2D eigenvalue weighted by Crippen LogP contribution is -2.13. The maximum Gasteiger partial charge on any atom is 0.266 e. The van der Waals surface area contributed by atoms with Gasteiger partial charge < -0.3 is 10.1 Å². The van der Waals surface area contributed by atoms with Crippen molar-refractivity contribution in [1.82, 2.24) is 0 Å². The molecule has 0 aromatic heterocycles. The maximum atomic E-state index is 12.2. The first-order valence-corrected chi connectivity index (χ1v) is 7.53. The number of amides is 1. The van der Waals surface area contributed by atoms with Crippen LogP contribution in [0.2, 0.25) is 0 Å². The molecule has 0 atom stereocenters. The molecule has 0 saturated carbocycles. The fourth-order valence-electron chi connectivity index (χ4n) is 1.82. The molecular weight excluding hydrogens is 391 g/mol. The van der Waals surface area contributed by atoms with Crippen molar-refractivity contribution in [3.63, 3.8) is 0 Å². The van der Waals surface area contributed by atoms with Gasteiger partial charge >= 0.3 is 0 Å². The Morgan fingerprint density at radius 3 is 2.55 bits per heavy atom. The van der Waals surface area contributed by atoms with Crippen molar-refractivity contribution in [2.75, 3.05) is 12.4 Å². The van der Waals surface area contributed by atoms with Gasteiger partial charge in [-0.1, -0.05) is 18.2 Å². The second-order valence-electron chi connectivity index (χ2n) is 4.37. The fraction of sp³-hybridized carbons (Fsp3) is 0.0588. The first kappa shape index (κ1) is 16.0. The molecule has 0 fully saturated rings. The van der Waals surface area contributed by atoms with Crippen LogP contribution in [0.5, 0.6) is 5.75 Å². The summed E-state index contributed by atoms with van der Waals surface area (Å²) in [5, 5.41) is 11.9. The minimum Gasteiger partial charge on any atom is -0.496 e. The molecule has 0 aliphatic heterocycles. The Kier molecular flexibility index (Phi) is 5.55. The van der Waals surface area contributed by atoms with Crippen LogP contribution in [0.4, 0.5) is 5.69 Å². The summed E-state index contributed by atoms with van der Waals surface area (Å²) in [4.78, 5) is 12.2. The highest BCUT2D eigenvalue weighted by Crippen LogP contribution is 2.21. The van der Waals surface area contributed by atoms with Gasteiger partial charge in [-0.3, -0.25) is 4.79 Å². The summed E-state index contributed by atoms with van der Waals surface area (Å²) < 4.78 is 6.29. The van der Waals surface area contributed by atoms with Gasteiger partial charge in [0.05, 0.1) is 7.11 Å². The molecule has 0 saturated heterocycles. The number of nitrogens with one attached hydrogen (secondary N) is 1. The molecule has 0 radical (unpaired) electrons. The molecule has 110 valence electrons. The third-order valence-corrected chi connectivity index (χ3v) is 3.63. The topological polar surface area (TPSA) is 62.1 Å². The molecule has 0 heterocycles. The van der Waals surface area contributed by atoms with E-state index >= 15 is 0 Å². The van der Waals surface area contributed by atoms with Gasteiger partial charge in [0.1, 0.15) is 17.4 Å². The lowest BCUT2D eigenvalue weighted by molar-refractivity contribution is -0.112. The predicted molar refractivity (Wildman–Crippen MR) is 94.4 cm³/mol. The maximum absolute atomic E-state index is 12.2. The highest BCUT2D eigenvalue weighted by molar-refractivity contribution is 14.1. The first-order valence-electron chi connectivity index (χ1n) is 6.46. The molecule has 5 heteroatoms. The van der Waals surface area contributed by atoms with Crippen LogP contribution in [-0.4, -0.2) is 13.0 Å². The van der Waals surface area contributed by atoms with E-state index in [1.807, 2.05) is 30.3 Å². The minimum absolute atomic E-state index is 0.0167. The highest BCUT2D eigenvalue weighted by Gasteiger charge is 2.11. The second-order valence-corrected chi connectivity index (χ2v) is 5.62. The van der Waals surface area contributed by atoms with Gasteiger partial charge in [0.25, 0.3) is 5.91 Å². The van der Waals surface area contributed by atoms with Crippen LogP contribution in [0.3, 0.4) is 0 Å². The Morgan fingerprint density at radius 2 is 1.91 bits per heavy atom. The van der Waals surface area contributed by atoms with Gasteiger partial charge in [-0.05, 0) is 59.0 Å². The van der Waals surface area contributed by atoms with Crippen molar-refractivity contribution < 1.29 is 9.53 Å². The largest absolute Gasteiger partial charge is 0.496 e. The zero-order chi connectivity index (χ0) is 15.9. The number of ether oxygens (including phenoxy) is 1. The molecule has 0 aliphatic rings. The third-order valence-electron chi connectivity index (χ3n) is 2.91. The van der Waals surface area contributed by atoms with Gasteiger partial charge in [0, 0.05) is 14.8 Å². The number of hydrogen-bond acceptors (Lipinski definition) is 3. The van der Waals surface area contributed by atoms with E-state index in [0.717, 1.165) is 3.57 Å². The number of methoxy groups -OCH3 is 1. The summed E-state index contributed by atoms with van der Waals surface area (Å²) in [6, 6.07) is 16.5. The van der Waals surface area contributed by atoms with Crippen molar-refractivity contribution in [1.29, 1.82) is 5.26 Å². The molecular formula is C17H13IN2O2. The molecule has 0 spiro atoms. The standard InChI is InChI=1S/C17H13IN2O2/c1-22-16-5-3-2-4-12(16)10-13(11-19)17(21)20-15-8-6-14(18)7-9-15/h2-10H,1H3,(H,20,21)/b13-10-. The average molecular weight is 404 g/mol. The summed E-state index contributed by atoms with van der Waals surface area (Å²) in [5.41, 5.74) is 1.34. The van der Waals surface area contributed by atoms with E-state index in [0.29, 0.717) is 17.0 Å². The quantitative estimate of drug-likeness (QED) is 0.479. The summed E-state index contributed by atoms with van der Waals surface area (Å²) in [7, 11) is 1.55. The van der Waals surface area contributed by atoms with E-state index in [-0.39, 0.29) is 5.57 Å². The van der Waals surface area contributed by atoms with Crippen LogP contribution >= 0.6 is 22.6 Å². The number of nitriles is 1. The van der Waals surface area contributed by atoms with Crippen molar-refractivity contribution in [3.8, 4) is 11.8 Å². The van der Waals surface area contributed by atoms with Crippen LogP contribution in [-0.2, 0) is 4.79 Å². The number of rotatable bonds is 4. The number of anilines is 1. The number of carbonyl (C=O) groups excluding carboxylic acids is 1. The van der Waals surface area contributed by atoms with Crippen LogP contribution < -0.4 is 10.1 Å². The van der Waals surface area contributed by atoms with Crippen LogP contribution in [0.1, 0.15) is 5.56 Å². The lowest BCUT2D eigenvalue weighted by Gasteiger charge is -2.06. The molecule has 2 aromatic carbocycles. The van der Waals surface area contributed by atoms with E-state index in [1.165, 1.54) is 6.08 Å². The normalized spacial score (nSPS) is 10.7. The third kappa shape index (κ3) is 4.09. The van der Waals surface area contributed by atoms with Gasteiger partial charge in [-0.25, -0.2) is 0 Å². The number of para-hydroxylation sites is 1. The predicted octanol–water partition coefficient (Wildman–Crippen LogP) is 3.85. The molecule has 1 N–H and O–H groups in total. The van der Waals surface area contributed by atoms with Crippen molar-refractivity contribution in [2.24, 2.45) is 0 Å². The van der Waals surface area contributed by atoms with Gasteiger partial charge in [-0.2, -0.15) is 5.26 Å². The molecule has 4 nitrogen and oxygen atoms in total. The fourth-order valence-corrected chi connectivity index (χ4v) is 2.18. The molecule has 2 rings (SSSR count). The average Bonchev–Trinajstić information content (AvgIpc) is 2.55. The summed E-state index contributed by atoms with van der Waals surface area (Å²) >= 11 is 2.18. The number of halogens is 1. The zero-order valence-electron chi connectivity index (χ0n) is 11.8. The second kappa shape index (κ2) is 7.61. The van der Waals surface area contributed by atoms with E-state index in [2.05, 4.69) is 27.9 Å². The molecule has 1 amide bonds. The summed E-state index contributed by atoms with van der Waals surface area (Å²) in [6.45, 7) is 0. The molecule has 0 aliphatic carbocycles. The van der Waals surface area contributed by atoms with Crippen LogP contribution in [0, 0.1) is 14.9 Å². The van der Waals surface area contributed by atoms with E-state index in [4.69, 9.17) is 4.74 Å². The smallest absolute Gasteiger partial charge is 0.266 e. The lowest BCUT2D eigenvalue weighted by atomic mass is 10.1. The number of carbonyl (C=O) groups is 1. The van der Waals surface area contributed by atoms with E-state index < -0.39 is 5.91 Å². The Bertz CT molecular complexity index is 746.